The standard InChI is InChI=1S/C23H27N3O3/c27-23(14-13-21-7-3-4-8-22(21)26(28)29)24-17-19-9-11-20(12-10-19)18-25-15-5-1-2-6-16-25/h3-4,7-14H,1-2,5-6,15-18H2,(H,24,27)/b14-13+. The lowest BCUT2D eigenvalue weighted by Gasteiger charge is -2.19. The van der Waals surface area contributed by atoms with E-state index >= 15 is 0 Å². The first kappa shape index (κ1) is 20.7. The topological polar surface area (TPSA) is 75.5 Å². The van der Waals surface area contributed by atoms with E-state index in [0.717, 1.165) is 12.1 Å². The molecule has 2 aromatic rings. The van der Waals surface area contributed by atoms with E-state index in [0.29, 0.717) is 12.1 Å². The third kappa shape index (κ3) is 6.54. The number of nitro groups is 1. The van der Waals surface area contributed by atoms with Crippen molar-refractivity contribution in [2.24, 2.45) is 0 Å². The number of hydrogen-bond donors (Lipinski definition) is 1. The van der Waals surface area contributed by atoms with Crippen molar-refractivity contribution in [2.75, 3.05) is 13.1 Å². The number of carbonyl (C=O) groups is 1. The lowest BCUT2D eigenvalue weighted by atomic mass is 10.1. The minimum atomic E-state index is -0.454. The number of para-hydroxylation sites is 1. The molecule has 0 atom stereocenters. The van der Waals surface area contributed by atoms with Gasteiger partial charge in [0.1, 0.15) is 0 Å². The van der Waals surface area contributed by atoms with Gasteiger partial charge in [0.15, 0.2) is 0 Å². The Morgan fingerprint density at radius 1 is 1.00 bits per heavy atom. The molecule has 1 aliphatic rings. The molecule has 1 fully saturated rings. The quantitative estimate of drug-likeness (QED) is 0.432. The number of nitrogens with one attached hydrogen (secondary N) is 1. The van der Waals surface area contributed by atoms with Gasteiger partial charge in [-0.05, 0) is 49.2 Å². The minimum Gasteiger partial charge on any atom is -0.348 e. The summed E-state index contributed by atoms with van der Waals surface area (Å²) in [5, 5.41) is 13.8. The van der Waals surface area contributed by atoms with Crippen LogP contribution in [-0.4, -0.2) is 28.8 Å². The maximum Gasteiger partial charge on any atom is 0.276 e. The van der Waals surface area contributed by atoms with Crippen LogP contribution in [0.2, 0.25) is 0 Å². The monoisotopic (exact) mass is 393 g/mol. The van der Waals surface area contributed by atoms with E-state index in [9.17, 15) is 14.9 Å². The summed E-state index contributed by atoms with van der Waals surface area (Å²) in [7, 11) is 0. The Hall–Kier alpha value is -2.99. The Bertz CT molecular complexity index is 854. The molecule has 0 radical (unpaired) electrons. The van der Waals surface area contributed by atoms with E-state index in [-0.39, 0.29) is 11.6 Å². The molecule has 0 spiro atoms. The summed E-state index contributed by atoms with van der Waals surface area (Å²) >= 11 is 0. The molecule has 6 nitrogen and oxygen atoms in total. The molecule has 0 aromatic heterocycles. The average molecular weight is 393 g/mol. The van der Waals surface area contributed by atoms with Gasteiger partial charge in [-0.3, -0.25) is 19.8 Å². The van der Waals surface area contributed by atoms with Crippen molar-refractivity contribution in [3.8, 4) is 0 Å². The van der Waals surface area contributed by atoms with Crippen LogP contribution in [0.5, 0.6) is 0 Å². The average Bonchev–Trinajstić information content (AvgIpc) is 3.00. The summed E-state index contributed by atoms with van der Waals surface area (Å²) in [6.07, 6.45) is 8.03. The number of nitro benzene ring substituents is 1. The van der Waals surface area contributed by atoms with Crippen molar-refractivity contribution in [1.29, 1.82) is 0 Å². The molecule has 0 aliphatic carbocycles. The SMILES string of the molecule is O=C(/C=C/c1ccccc1[N+](=O)[O-])NCc1ccc(CN2CCCCCC2)cc1. The van der Waals surface area contributed by atoms with Crippen molar-refractivity contribution in [3.63, 3.8) is 0 Å². The van der Waals surface area contributed by atoms with E-state index in [2.05, 4.69) is 22.3 Å². The van der Waals surface area contributed by atoms with Crippen LogP contribution in [0.4, 0.5) is 5.69 Å². The van der Waals surface area contributed by atoms with Crippen molar-refractivity contribution >= 4 is 17.7 Å². The molecule has 0 bridgehead atoms. The zero-order valence-corrected chi connectivity index (χ0v) is 16.5. The van der Waals surface area contributed by atoms with Gasteiger partial charge >= 0.3 is 0 Å². The number of rotatable bonds is 7. The van der Waals surface area contributed by atoms with Crippen LogP contribution >= 0.6 is 0 Å². The van der Waals surface area contributed by atoms with Gasteiger partial charge in [-0.25, -0.2) is 0 Å². The second-order valence-electron chi connectivity index (χ2n) is 7.37. The van der Waals surface area contributed by atoms with Crippen LogP contribution in [-0.2, 0) is 17.9 Å². The van der Waals surface area contributed by atoms with Crippen molar-refractivity contribution in [1.82, 2.24) is 10.2 Å². The summed E-state index contributed by atoms with van der Waals surface area (Å²) in [5.41, 5.74) is 2.71. The zero-order chi connectivity index (χ0) is 20.5. The normalized spacial score (nSPS) is 15.2. The van der Waals surface area contributed by atoms with Crippen LogP contribution in [0.25, 0.3) is 6.08 Å². The van der Waals surface area contributed by atoms with Gasteiger partial charge in [0.05, 0.1) is 10.5 Å². The van der Waals surface area contributed by atoms with Crippen LogP contribution in [0.15, 0.2) is 54.6 Å². The first-order chi connectivity index (χ1) is 14.1. The molecule has 1 N–H and O–H groups in total. The largest absolute Gasteiger partial charge is 0.348 e. The highest BCUT2D eigenvalue weighted by Crippen LogP contribution is 2.19. The number of benzene rings is 2. The molecular formula is C23H27N3O3. The summed E-state index contributed by atoms with van der Waals surface area (Å²) < 4.78 is 0. The van der Waals surface area contributed by atoms with Gasteiger partial charge in [0.2, 0.25) is 5.91 Å². The number of amides is 1. The first-order valence-electron chi connectivity index (χ1n) is 10.1. The Balaban J connectivity index is 1.49. The molecule has 6 heteroatoms. The predicted molar refractivity (Wildman–Crippen MR) is 114 cm³/mol. The molecule has 0 unspecified atom stereocenters. The molecule has 1 saturated heterocycles. The van der Waals surface area contributed by atoms with Gasteiger partial charge in [0, 0.05) is 25.2 Å². The number of nitrogens with zero attached hydrogens (tertiary/aromatic N) is 2. The van der Waals surface area contributed by atoms with Gasteiger partial charge in [-0.1, -0.05) is 49.2 Å². The fourth-order valence-corrected chi connectivity index (χ4v) is 3.52. The number of likely N-dealkylation sites (tertiary alicyclic amines) is 1. The summed E-state index contributed by atoms with van der Waals surface area (Å²) in [4.78, 5) is 25.1. The molecule has 152 valence electrons. The van der Waals surface area contributed by atoms with Gasteiger partial charge in [-0.15, -0.1) is 0 Å². The smallest absolute Gasteiger partial charge is 0.276 e. The maximum atomic E-state index is 12.1. The van der Waals surface area contributed by atoms with E-state index in [1.165, 1.54) is 62.6 Å². The van der Waals surface area contributed by atoms with Crippen molar-refractivity contribution < 1.29 is 9.72 Å². The highest BCUT2D eigenvalue weighted by molar-refractivity contribution is 5.92. The lowest BCUT2D eigenvalue weighted by Crippen LogP contribution is -2.24. The van der Waals surface area contributed by atoms with E-state index in [1.807, 2.05) is 12.1 Å². The third-order valence-corrected chi connectivity index (χ3v) is 5.14. The lowest BCUT2D eigenvalue weighted by molar-refractivity contribution is -0.385. The fourth-order valence-electron chi connectivity index (χ4n) is 3.52. The zero-order valence-electron chi connectivity index (χ0n) is 16.5. The van der Waals surface area contributed by atoms with Crippen LogP contribution in [0.1, 0.15) is 42.4 Å². The van der Waals surface area contributed by atoms with E-state index in [4.69, 9.17) is 0 Å². The fraction of sp³-hybridized carbons (Fsp3) is 0.348. The summed E-state index contributed by atoms with van der Waals surface area (Å²) in [6, 6.07) is 14.7. The number of hydrogen-bond acceptors (Lipinski definition) is 4. The molecule has 2 aromatic carbocycles. The van der Waals surface area contributed by atoms with E-state index in [1.54, 1.807) is 18.2 Å². The summed E-state index contributed by atoms with van der Waals surface area (Å²) in [6.45, 7) is 3.74. The maximum absolute atomic E-state index is 12.1. The minimum absolute atomic E-state index is 0.0171. The molecule has 1 heterocycles. The molecule has 1 amide bonds. The first-order valence-corrected chi connectivity index (χ1v) is 10.1. The Kier molecular flexibility index (Phi) is 7.53. The summed E-state index contributed by atoms with van der Waals surface area (Å²) in [5.74, 6) is -0.281. The Labute approximate surface area is 171 Å². The molecule has 0 saturated carbocycles. The molecule has 3 rings (SSSR count). The second-order valence-corrected chi connectivity index (χ2v) is 7.37. The Morgan fingerprint density at radius 3 is 2.34 bits per heavy atom. The number of carbonyl (C=O) groups excluding carboxylic acids is 1. The van der Waals surface area contributed by atoms with Crippen LogP contribution in [0.3, 0.4) is 0 Å². The Morgan fingerprint density at radius 2 is 1.66 bits per heavy atom. The second kappa shape index (κ2) is 10.5. The van der Waals surface area contributed by atoms with Crippen LogP contribution in [0, 0.1) is 10.1 Å². The highest BCUT2D eigenvalue weighted by Gasteiger charge is 2.10. The molecular weight excluding hydrogens is 366 g/mol. The highest BCUT2D eigenvalue weighted by atomic mass is 16.6. The van der Waals surface area contributed by atoms with Crippen LogP contribution < -0.4 is 5.32 Å². The van der Waals surface area contributed by atoms with Gasteiger partial charge in [-0.2, -0.15) is 0 Å². The van der Waals surface area contributed by atoms with E-state index < -0.39 is 4.92 Å². The third-order valence-electron chi connectivity index (χ3n) is 5.14. The molecule has 1 aliphatic heterocycles. The van der Waals surface area contributed by atoms with Crippen molar-refractivity contribution in [3.05, 3.63) is 81.4 Å². The van der Waals surface area contributed by atoms with Gasteiger partial charge in [0.25, 0.3) is 5.69 Å². The molecule has 29 heavy (non-hydrogen) atoms. The van der Waals surface area contributed by atoms with Gasteiger partial charge < -0.3 is 5.32 Å². The predicted octanol–water partition coefficient (Wildman–Crippen LogP) is 4.30. The van der Waals surface area contributed by atoms with Crippen molar-refractivity contribution in [2.45, 2.75) is 38.8 Å².